The summed E-state index contributed by atoms with van der Waals surface area (Å²) < 4.78 is 11.0. The third-order valence-electron chi connectivity index (χ3n) is 3.77. The first-order chi connectivity index (χ1) is 10.9. The highest BCUT2D eigenvalue weighted by Gasteiger charge is 2.17. The third kappa shape index (κ3) is 4.25. The Morgan fingerprint density at radius 1 is 1.13 bits per heavy atom. The first kappa shape index (κ1) is 16.9. The molecule has 0 aliphatic rings. The van der Waals surface area contributed by atoms with Gasteiger partial charge < -0.3 is 14.8 Å². The van der Waals surface area contributed by atoms with Gasteiger partial charge in [-0.05, 0) is 62.6 Å². The van der Waals surface area contributed by atoms with Gasteiger partial charge in [0.2, 0.25) is 0 Å². The Morgan fingerprint density at radius 3 is 2.57 bits per heavy atom. The Labute approximate surface area is 137 Å². The standard InChI is InChI=1S/C19H23NO3/c1-12-9-13(2)14(3)18(10-12)23-15(4)19(21)20-16-7-6-8-17(11-16)22-5/h6-11,15H,1-5H3,(H,20,21)/t15-/m1/s1. The molecule has 122 valence electrons. The predicted octanol–water partition coefficient (Wildman–Crippen LogP) is 4.03. The fraction of sp³-hybridized carbons (Fsp3) is 0.316. The second-order valence-electron chi connectivity index (χ2n) is 5.69. The van der Waals surface area contributed by atoms with Crippen molar-refractivity contribution in [3.63, 3.8) is 0 Å². The molecule has 0 aromatic heterocycles. The Morgan fingerprint density at radius 2 is 1.87 bits per heavy atom. The zero-order valence-corrected chi connectivity index (χ0v) is 14.3. The van der Waals surface area contributed by atoms with Gasteiger partial charge in [-0.1, -0.05) is 12.1 Å². The van der Waals surface area contributed by atoms with Crippen LogP contribution < -0.4 is 14.8 Å². The van der Waals surface area contributed by atoms with E-state index in [1.54, 1.807) is 20.1 Å². The van der Waals surface area contributed by atoms with E-state index in [0.29, 0.717) is 11.4 Å². The number of nitrogens with one attached hydrogen (secondary N) is 1. The molecule has 2 rings (SSSR count). The smallest absolute Gasteiger partial charge is 0.265 e. The van der Waals surface area contributed by atoms with E-state index in [0.717, 1.165) is 22.4 Å². The van der Waals surface area contributed by atoms with Gasteiger partial charge in [-0.2, -0.15) is 0 Å². The summed E-state index contributed by atoms with van der Waals surface area (Å²) in [7, 11) is 1.59. The normalized spacial score (nSPS) is 11.7. The summed E-state index contributed by atoms with van der Waals surface area (Å²) in [5, 5.41) is 2.84. The molecule has 4 nitrogen and oxygen atoms in total. The number of anilines is 1. The fourth-order valence-electron chi connectivity index (χ4n) is 2.31. The lowest BCUT2D eigenvalue weighted by atomic mass is 10.1. The van der Waals surface area contributed by atoms with Crippen LogP contribution in [-0.4, -0.2) is 19.1 Å². The van der Waals surface area contributed by atoms with Gasteiger partial charge in [0.1, 0.15) is 11.5 Å². The molecule has 23 heavy (non-hydrogen) atoms. The Bertz CT molecular complexity index is 710. The minimum Gasteiger partial charge on any atom is -0.497 e. The van der Waals surface area contributed by atoms with Crippen LogP contribution in [0.3, 0.4) is 0 Å². The zero-order chi connectivity index (χ0) is 17.0. The molecule has 0 fully saturated rings. The highest BCUT2D eigenvalue weighted by atomic mass is 16.5. The van der Waals surface area contributed by atoms with Crippen LogP contribution in [-0.2, 0) is 4.79 Å². The maximum absolute atomic E-state index is 12.3. The van der Waals surface area contributed by atoms with Crippen molar-refractivity contribution >= 4 is 11.6 Å². The van der Waals surface area contributed by atoms with Gasteiger partial charge >= 0.3 is 0 Å². The molecule has 1 amide bonds. The summed E-state index contributed by atoms with van der Waals surface area (Å²) in [6.45, 7) is 7.79. The van der Waals surface area contributed by atoms with Gasteiger partial charge in [0.15, 0.2) is 6.10 Å². The number of ether oxygens (including phenoxy) is 2. The number of hydrogen-bond donors (Lipinski definition) is 1. The second kappa shape index (κ2) is 7.18. The molecular formula is C19H23NO3. The monoisotopic (exact) mass is 313 g/mol. The summed E-state index contributed by atoms with van der Waals surface area (Å²) in [5.74, 6) is 1.24. The van der Waals surface area contributed by atoms with Crippen LogP contribution in [0.5, 0.6) is 11.5 Å². The maximum Gasteiger partial charge on any atom is 0.265 e. The van der Waals surface area contributed by atoms with Crippen LogP contribution in [0.1, 0.15) is 23.6 Å². The molecule has 0 bridgehead atoms. The molecule has 0 unspecified atom stereocenters. The average Bonchev–Trinajstić information content (AvgIpc) is 2.52. The third-order valence-corrected chi connectivity index (χ3v) is 3.77. The fourth-order valence-corrected chi connectivity index (χ4v) is 2.31. The van der Waals surface area contributed by atoms with E-state index in [4.69, 9.17) is 9.47 Å². The van der Waals surface area contributed by atoms with E-state index < -0.39 is 6.10 Å². The minimum absolute atomic E-state index is 0.197. The van der Waals surface area contributed by atoms with Gasteiger partial charge in [-0.25, -0.2) is 0 Å². The lowest BCUT2D eigenvalue weighted by Crippen LogP contribution is -2.30. The molecule has 1 atom stereocenters. The molecule has 0 aliphatic carbocycles. The number of carbonyl (C=O) groups excluding carboxylic acids is 1. The first-order valence-corrected chi connectivity index (χ1v) is 7.60. The molecule has 0 heterocycles. The molecule has 4 heteroatoms. The summed E-state index contributed by atoms with van der Waals surface area (Å²) >= 11 is 0. The Hall–Kier alpha value is -2.49. The van der Waals surface area contributed by atoms with Gasteiger partial charge in [-0.3, -0.25) is 4.79 Å². The molecular weight excluding hydrogens is 290 g/mol. The quantitative estimate of drug-likeness (QED) is 0.906. The topological polar surface area (TPSA) is 47.6 Å². The van der Waals surface area contributed by atoms with Crippen molar-refractivity contribution < 1.29 is 14.3 Å². The molecule has 0 aliphatic heterocycles. The summed E-state index contributed by atoms with van der Waals surface area (Å²) in [5.41, 5.74) is 4.00. The van der Waals surface area contributed by atoms with E-state index in [-0.39, 0.29) is 5.91 Å². The van der Waals surface area contributed by atoms with E-state index in [2.05, 4.69) is 11.4 Å². The number of carbonyl (C=O) groups is 1. The van der Waals surface area contributed by atoms with E-state index in [1.807, 2.05) is 45.0 Å². The van der Waals surface area contributed by atoms with Gasteiger partial charge in [0.05, 0.1) is 7.11 Å². The molecule has 2 aromatic carbocycles. The molecule has 0 saturated heterocycles. The highest BCUT2D eigenvalue weighted by molar-refractivity contribution is 5.94. The zero-order valence-electron chi connectivity index (χ0n) is 14.3. The summed E-state index contributed by atoms with van der Waals surface area (Å²) in [4.78, 5) is 12.3. The molecule has 0 radical (unpaired) electrons. The van der Waals surface area contributed by atoms with Crippen molar-refractivity contribution in [2.24, 2.45) is 0 Å². The van der Waals surface area contributed by atoms with Gasteiger partial charge in [0.25, 0.3) is 5.91 Å². The summed E-state index contributed by atoms with van der Waals surface area (Å²) in [6, 6.07) is 11.3. The molecule has 0 spiro atoms. The second-order valence-corrected chi connectivity index (χ2v) is 5.69. The lowest BCUT2D eigenvalue weighted by Gasteiger charge is -2.18. The minimum atomic E-state index is -0.596. The van der Waals surface area contributed by atoms with Crippen LogP contribution >= 0.6 is 0 Å². The van der Waals surface area contributed by atoms with Crippen LogP contribution in [0, 0.1) is 20.8 Å². The number of hydrogen-bond acceptors (Lipinski definition) is 3. The largest absolute Gasteiger partial charge is 0.497 e. The number of aryl methyl sites for hydroxylation is 2. The van der Waals surface area contributed by atoms with Crippen molar-refractivity contribution in [1.29, 1.82) is 0 Å². The van der Waals surface area contributed by atoms with Crippen LogP contribution in [0.15, 0.2) is 36.4 Å². The number of amides is 1. The Balaban J connectivity index is 2.08. The van der Waals surface area contributed by atoms with Crippen molar-refractivity contribution in [2.75, 3.05) is 12.4 Å². The summed E-state index contributed by atoms with van der Waals surface area (Å²) in [6.07, 6.45) is -0.596. The van der Waals surface area contributed by atoms with E-state index >= 15 is 0 Å². The first-order valence-electron chi connectivity index (χ1n) is 7.60. The number of benzene rings is 2. The van der Waals surface area contributed by atoms with E-state index in [1.165, 1.54) is 0 Å². The number of rotatable bonds is 5. The Kier molecular flexibility index (Phi) is 5.27. The highest BCUT2D eigenvalue weighted by Crippen LogP contribution is 2.24. The predicted molar refractivity (Wildman–Crippen MR) is 92.4 cm³/mol. The van der Waals surface area contributed by atoms with Gasteiger partial charge in [-0.15, -0.1) is 0 Å². The lowest BCUT2D eigenvalue weighted by molar-refractivity contribution is -0.122. The molecule has 0 saturated carbocycles. The van der Waals surface area contributed by atoms with Crippen molar-refractivity contribution in [3.8, 4) is 11.5 Å². The SMILES string of the molecule is COc1cccc(NC(=O)[C@@H](C)Oc2cc(C)cc(C)c2C)c1. The maximum atomic E-state index is 12.3. The molecule has 2 aromatic rings. The number of methoxy groups -OCH3 is 1. The average molecular weight is 313 g/mol. The van der Waals surface area contributed by atoms with Crippen molar-refractivity contribution in [2.45, 2.75) is 33.8 Å². The van der Waals surface area contributed by atoms with Gasteiger partial charge in [0, 0.05) is 11.8 Å². The van der Waals surface area contributed by atoms with Crippen LogP contribution in [0.4, 0.5) is 5.69 Å². The van der Waals surface area contributed by atoms with Crippen LogP contribution in [0.25, 0.3) is 0 Å². The van der Waals surface area contributed by atoms with Crippen LogP contribution in [0.2, 0.25) is 0 Å². The van der Waals surface area contributed by atoms with E-state index in [9.17, 15) is 4.79 Å². The molecule has 1 N–H and O–H groups in total. The van der Waals surface area contributed by atoms with Crippen molar-refractivity contribution in [1.82, 2.24) is 0 Å². The van der Waals surface area contributed by atoms with Crippen molar-refractivity contribution in [3.05, 3.63) is 53.1 Å².